The van der Waals surface area contributed by atoms with E-state index in [0.29, 0.717) is 0 Å². The number of nitrogens with zero attached hydrogens (tertiary/aromatic N) is 2. The average Bonchev–Trinajstić information content (AvgIpc) is 3.43. The zero-order valence-corrected chi connectivity index (χ0v) is 38.4. The minimum absolute atomic E-state index is 0.770. The molecule has 70 heavy (non-hydrogen) atoms. The largest absolute Gasteiger partial charge is 0.457 e. The summed E-state index contributed by atoms with van der Waals surface area (Å²) < 4.78 is 12.6. The van der Waals surface area contributed by atoms with Gasteiger partial charge in [-0.05, 0) is 142 Å². The molecule has 0 aromatic heterocycles. The van der Waals surface area contributed by atoms with Gasteiger partial charge in [-0.3, -0.25) is 0 Å². The van der Waals surface area contributed by atoms with E-state index in [2.05, 4.69) is 204 Å². The first-order valence-corrected chi connectivity index (χ1v) is 23.6. The average molecular weight is 901 g/mol. The first kappa shape index (κ1) is 43.2. The van der Waals surface area contributed by atoms with Crippen molar-refractivity contribution in [3.63, 3.8) is 0 Å². The maximum absolute atomic E-state index is 6.29. The third-order valence-corrected chi connectivity index (χ3v) is 12.4. The number of hydrogen-bond donors (Lipinski definition) is 0. The van der Waals surface area contributed by atoms with E-state index in [1.807, 2.05) is 97.1 Å². The smallest absolute Gasteiger partial charge is 0.129 e. The van der Waals surface area contributed by atoms with E-state index in [1.54, 1.807) is 0 Å². The van der Waals surface area contributed by atoms with E-state index >= 15 is 0 Å². The summed E-state index contributed by atoms with van der Waals surface area (Å²) in [6.07, 6.45) is 0. The van der Waals surface area contributed by atoms with Crippen molar-refractivity contribution in [1.82, 2.24) is 0 Å². The van der Waals surface area contributed by atoms with E-state index < -0.39 is 0 Å². The first-order valence-electron chi connectivity index (χ1n) is 23.6. The molecular weight excluding hydrogens is 853 g/mol. The van der Waals surface area contributed by atoms with Crippen LogP contribution in [0.1, 0.15) is 0 Å². The van der Waals surface area contributed by atoms with Crippen LogP contribution < -0.4 is 19.3 Å². The minimum atomic E-state index is 0.770. The van der Waals surface area contributed by atoms with Crippen LogP contribution in [0.15, 0.2) is 291 Å². The summed E-state index contributed by atoms with van der Waals surface area (Å²) in [5.41, 5.74) is 15.5. The predicted octanol–water partition coefficient (Wildman–Crippen LogP) is 18.9. The predicted molar refractivity (Wildman–Crippen MR) is 291 cm³/mol. The Kier molecular flexibility index (Phi) is 12.5. The van der Waals surface area contributed by atoms with E-state index in [1.165, 1.54) is 22.3 Å². The molecule has 11 rings (SSSR count). The van der Waals surface area contributed by atoms with Crippen molar-refractivity contribution in [3.05, 3.63) is 291 Å². The zero-order valence-electron chi connectivity index (χ0n) is 38.4. The molecule has 4 heteroatoms. The van der Waals surface area contributed by atoms with Crippen LogP contribution in [0.4, 0.5) is 34.1 Å². The molecule has 0 aliphatic heterocycles. The molecule has 11 aromatic carbocycles. The second-order valence-electron chi connectivity index (χ2n) is 17.0. The fourth-order valence-electron chi connectivity index (χ4n) is 8.84. The summed E-state index contributed by atoms with van der Waals surface area (Å²) in [4.78, 5) is 4.55. The Morgan fingerprint density at radius 3 is 0.686 bits per heavy atom. The third-order valence-electron chi connectivity index (χ3n) is 12.4. The molecule has 0 unspecified atom stereocenters. The Bertz CT molecular complexity index is 3180. The Hall–Kier alpha value is -9.38. The van der Waals surface area contributed by atoms with Crippen LogP contribution in [0, 0.1) is 0 Å². The van der Waals surface area contributed by atoms with Gasteiger partial charge in [0, 0.05) is 46.3 Å². The van der Waals surface area contributed by atoms with E-state index in [9.17, 15) is 0 Å². The lowest BCUT2D eigenvalue weighted by Gasteiger charge is -2.26. The van der Waals surface area contributed by atoms with Gasteiger partial charge in [0.15, 0.2) is 0 Å². The number of rotatable bonds is 14. The number of ether oxygens (including phenoxy) is 2. The van der Waals surface area contributed by atoms with Gasteiger partial charge in [-0.1, -0.05) is 182 Å². The van der Waals surface area contributed by atoms with Gasteiger partial charge in [0.1, 0.15) is 23.0 Å². The van der Waals surface area contributed by atoms with Gasteiger partial charge in [-0.25, -0.2) is 0 Å². The molecule has 0 heterocycles. The van der Waals surface area contributed by atoms with E-state index in [0.717, 1.165) is 79.4 Å². The molecule has 11 aromatic rings. The molecule has 0 aliphatic rings. The van der Waals surface area contributed by atoms with E-state index in [4.69, 9.17) is 9.47 Å². The molecule has 0 aliphatic carbocycles. The zero-order chi connectivity index (χ0) is 46.9. The summed E-state index contributed by atoms with van der Waals surface area (Å²) in [6, 6.07) is 101. The Labute approximate surface area is 410 Å². The first-order chi connectivity index (χ1) is 34.7. The van der Waals surface area contributed by atoms with Crippen LogP contribution in [0.2, 0.25) is 0 Å². The van der Waals surface area contributed by atoms with Gasteiger partial charge in [-0.2, -0.15) is 0 Å². The van der Waals surface area contributed by atoms with Crippen LogP contribution in [-0.2, 0) is 0 Å². The third kappa shape index (κ3) is 9.84. The van der Waals surface area contributed by atoms with Crippen LogP contribution >= 0.6 is 0 Å². The van der Waals surface area contributed by atoms with Gasteiger partial charge in [-0.15, -0.1) is 0 Å². The highest BCUT2D eigenvalue weighted by Gasteiger charge is 2.17. The molecule has 0 bridgehead atoms. The second kappa shape index (κ2) is 20.2. The molecule has 0 fully saturated rings. The van der Waals surface area contributed by atoms with Gasteiger partial charge < -0.3 is 19.3 Å². The number of hydrogen-bond acceptors (Lipinski definition) is 4. The quantitative estimate of drug-likeness (QED) is 0.109. The van der Waals surface area contributed by atoms with Gasteiger partial charge in [0.25, 0.3) is 0 Å². The SMILES string of the molecule is c1ccc(Oc2cccc(N(c3ccc(-c4ccccc4)cc3)c3ccc(-c4ccc(-c5ccc(N(c6ccc(-c7ccccc7)cc6)c6cccc(Oc7ccccc7)c6)cc5)cc4)cc3)c2)cc1. The van der Waals surface area contributed by atoms with Crippen LogP contribution in [-0.4, -0.2) is 0 Å². The van der Waals surface area contributed by atoms with Gasteiger partial charge in [0.05, 0.1) is 0 Å². The molecule has 0 amide bonds. The van der Waals surface area contributed by atoms with Crippen molar-refractivity contribution in [2.24, 2.45) is 0 Å². The summed E-state index contributed by atoms with van der Waals surface area (Å²) in [7, 11) is 0. The van der Waals surface area contributed by atoms with E-state index in [-0.39, 0.29) is 0 Å². The molecule has 0 saturated carbocycles. The standard InChI is InChI=1S/C66H48N2O2/c1-5-15-49(16-6-1)53-31-39-57(40-32-53)67(61-19-13-25-65(47-61)69-63-21-9-3-10-22-63)59-43-35-55(36-44-59)51-27-29-52(30-28-51)56-37-45-60(46-38-56)68(58-41-33-54(34-42-58)50-17-7-2-8-18-50)62-20-14-26-66(48-62)70-64-23-11-4-12-24-64/h1-48H. The number of benzene rings is 11. The molecule has 0 radical (unpaired) electrons. The lowest BCUT2D eigenvalue weighted by molar-refractivity contribution is 0.482. The summed E-state index contributed by atoms with van der Waals surface area (Å²) in [5, 5.41) is 0. The van der Waals surface area contributed by atoms with Crippen LogP contribution in [0.5, 0.6) is 23.0 Å². The molecule has 0 spiro atoms. The van der Waals surface area contributed by atoms with Crippen molar-refractivity contribution >= 4 is 34.1 Å². The number of para-hydroxylation sites is 2. The molecule has 0 N–H and O–H groups in total. The van der Waals surface area contributed by atoms with Crippen molar-refractivity contribution in [2.45, 2.75) is 0 Å². The topological polar surface area (TPSA) is 24.9 Å². The van der Waals surface area contributed by atoms with Crippen LogP contribution in [0.3, 0.4) is 0 Å². The highest BCUT2D eigenvalue weighted by atomic mass is 16.5. The molecule has 0 atom stereocenters. The van der Waals surface area contributed by atoms with Crippen molar-refractivity contribution < 1.29 is 9.47 Å². The monoisotopic (exact) mass is 900 g/mol. The molecule has 334 valence electrons. The lowest BCUT2D eigenvalue weighted by Crippen LogP contribution is -2.10. The Morgan fingerprint density at radius 1 is 0.171 bits per heavy atom. The van der Waals surface area contributed by atoms with Gasteiger partial charge >= 0.3 is 0 Å². The fraction of sp³-hybridized carbons (Fsp3) is 0. The molecule has 0 saturated heterocycles. The second-order valence-corrected chi connectivity index (χ2v) is 17.0. The molecular formula is C66H48N2O2. The fourth-order valence-corrected chi connectivity index (χ4v) is 8.84. The Balaban J connectivity index is 0.857. The van der Waals surface area contributed by atoms with Crippen molar-refractivity contribution in [2.75, 3.05) is 9.80 Å². The minimum Gasteiger partial charge on any atom is -0.457 e. The normalized spacial score (nSPS) is 10.9. The summed E-state index contributed by atoms with van der Waals surface area (Å²) in [6.45, 7) is 0. The maximum atomic E-state index is 6.29. The van der Waals surface area contributed by atoms with Crippen LogP contribution in [0.25, 0.3) is 44.5 Å². The molecule has 4 nitrogen and oxygen atoms in total. The summed E-state index contributed by atoms with van der Waals surface area (Å²) in [5.74, 6) is 3.13. The summed E-state index contributed by atoms with van der Waals surface area (Å²) >= 11 is 0. The Morgan fingerprint density at radius 2 is 0.400 bits per heavy atom. The highest BCUT2D eigenvalue weighted by molar-refractivity contribution is 5.83. The lowest BCUT2D eigenvalue weighted by atomic mass is 9.99. The van der Waals surface area contributed by atoms with Crippen molar-refractivity contribution in [3.8, 4) is 67.5 Å². The van der Waals surface area contributed by atoms with Crippen molar-refractivity contribution in [1.29, 1.82) is 0 Å². The van der Waals surface area contributed by atoms with Gasteiger partial charge in [0.2, 0.25) is 0 Å². The highest BCUT2D eigenvalue weighted by Crippen LogP contribution is 2.41. The number of anilines is 6. The maximum Gasteiger partial charge on any atom is 0.129 e.